The predicted octanol–water partition coefficient (Wildman–Crippen LogP) is 1.95. The summed E-state index contributed by atoms with van der Waals surface area (Å²) in [6.45, 7) is 0. The maximum atomic E-state index is 4.10. The molecule has 17 heavy (non-hydrogen) atoms. The van der Waals surface area contributed by atoms with Gasteiger partial charge in [0, 0.05) is 18.6 Å². The van der Waals surface area contributed by atoms with E-state index >= 15 is 0 Å². The summed E-state index contributed by atoms with van der Waals surface area (Å²) in [6.07, 6.45) is 6.94. The lowest BCUT2D eigenvalue weighted by atomic mass is 10.3. The predicted molar refractivity (Wildman–Crippen MR) is 63.9 cm³/mol. The SMILES string of the molecule is c1ccc(-c2c[nH]nn2)nc1.c1ccncc1. The second kappa shape index (κ2) is 6.12. The van der Waals surface area contributed by atoms with E-state index in [4.69, 9.17) is 0 Å². The maximum absolute atomic E-state index is 4.10. The van der Waals surface area contributed by atoms with Crippen molar-refractivity contribution in [2.75, 3.05) is 0 Å². The van der Waals surface area contributed by atoms with Crippen molar-refractivity contribution >= 4 is 0 Å². The Morgan fingerprint density at radius 2 is 1.65 bits per heavy atom. The Morgan fingerprint density at radius 3 is 2.12 bits per heavy atom. The van der Waals surface area contributed by atoms with Crippen LogP contribution in [0.3, 0.4) is 0 Å². The summed E-state index contributed by atoms with van der Waals surface area (Å²) < 4.78 is 0. The largest absolute Gasteiger partial charge is 0.265 e. The van der Waals surface area contributed by atoms with Crippen LogP contribution in [0.2, 0.25) is 0 Å². The molecule has 3 aromatic rings. The first kappa shape index (κ1) is 10.9. The first-order chi connectivity index (χ1) is 8.47. The molecule has 1 N–H and O–H groups in total. The van der Waals surface area contributed by atoms with Crippen molar-refractivity contribution in [2.24, 2.45) is 0 Å². The average Bonchev–Trinajstić information content (AvgIpc) is 2.96. The topological polar surface area (TPSA) is 67.3 Å². The Hall–Kier alpha value is -2.56. The molecule has 84 valence electrons. The Labute approximate surface area is 98.6 Å². The molecule has 5 nitrogen and oxygen atoms in total. The van der Waals surface area contributed by atoms with Gasteiger partial charge in [-0.25, -0.2) is 0 Å². The van der Waals surface area contributed by atoms with Gasteiger partial charge in [0.1, 0.15) is 5.69 Å². The van der Waals surface area contributed by atoms with E-state index in [1.807, 2.05) is 36.4 Å². The monoisotopic (exact) mass is 225 g/mol. The van der Waals surface area contributed by atoms with Crippen molar-refractivity contribution in [1.29, 1.82) is 0 Å². The average molecular weight is 225 g/mol. The molecular formula is C12H11N5. The molecule has 0 atom stereocenters. The van der Waals surface area contributed by atoms with Gasteiger partial charge in [0.25, 0.3) is 0 Å². The summed E-state index contributed by atoms with van der Waals surface area (Å²) in [5.74, 6) is 0. The summed E-state index contributed by atoms with van der Waals surface area (Å²) in [5, 5.41) is 10.0. The normalized spacial score (nSPS) is 9.18. The molecule has 5 heteroatoms. The standard InChI is InChI=1S/C7H6N4.C5H5N/c1-2-4-8-6(3-1)7-5-9-11-10-7;1-2-4-6-5-3-1/h1-5H,(H,9,10,11);1-5H. The zero-order valence-electron chi connectivity index (χ0n) is 9.06. The Kier molecular flexibility index (Phi) is 3.94. The highest BCUT2D eigenvalue weighted by Crippen LogP contribution is 2.09. The Bertz CT molecular complexity index is 480. The molecule has 0 amide bonds. The molecular weight excluding hydrogens is 214 g/mol. The lowest BCUT2D eigenvalue weighted by molar-refractivity contribution is 0.941. The number of aromatic nitrogens is 5. The zero-order valence-corrected chi connectivity index (χ0v) is 9.06. The summed E-state index contributed by atoms with van der Waals surface area (Å²) in [7, 11) is 0. The molecule has 3 rings (SSSR count). The van der Waals surface area contributed by atoms with Crippen molar-refractivity contribution in [3.63, 3.8) is 0 Å². The minimum absolute atomic E-state index is 0.769. The zero-order chi connectivity index (χ0) is 11.8. The van der Waals surface area contributed by atoms with Gasteiger partial charge >= 0.3 is 0 Å². The minimum Gasteiger partial charge on any atom is -0.265 e. The van der Waals surface area contributed by atoms with E-state index in [2.05, 4.69) is 25.4 Å². The van der Waals surface area contributed by atoms with Crippen LogP contribution in [0, 0.1) is 0 Å². The van der Waals surface area contributed by atoms with Crippen LogP contribution >= 0.6 is 0 Å². The lowest BCUT2D eigenvalue weighted by Gasteiger charge is -1.89. The maximum Gasteiger partial charge on any atom is 0.131 e. The van der Waals surface area contributed by atoms with Gasteiger partial charge in [0.2, 0.25) is 0 Å². The van der Waals surface area contributed by atoms with Crippen LogP contribution in [0.15, 0.2) is 61.2 Å². The van der Waals surface area contributed by atoms with Crippen molar-refractivity contribution in [1.82, 2.24) is 25.4 Å². The van der Waals surface area contributed by atoms with E-state index in [1.54, 1.807) is 24.8 Å². The van der Waals surface area contributed by atoms with Crippen LogP contribution < -0.4 is 0 Å². The summed E-state index contributed by atoms with van der Waals surface area (Å²) in [6, 6.07) is 11.4. The third-order valence-electron chi connectivity index (χ3n) is 1.91. The number of nitrogens with zero attached hydrogens (tertiary/aromatic N) is 4. The number of H-pyrrole nitrogens is 1. The number of nitrogens with one attached hydrogen (secondary N) is 1. The molecule has 3 aromatic heterocycles. The molecule has 0 saturated heterocycles. The summed E-state index contributed by atoms with van der Waals surface area (Å²) in [4.78, 5) is 7.88. The molecule has 0 aliphatic heterocycles. The molecule has 3 heterocycles. The second-order valence-corrected chi connectivity index (χ2v) is 3.10. The van der Waals surface area contributed by atoms with E-state index in [1.165, 1.54) is 0 Å². The number of hydrogen-bond acceptors (Lipinski definition) is 4. The molecule has 0 fully saturated rings. The van der Waals surface area contributed by atoms with Crippen molar-refractivity contribution in [2.45, 2.75) is 0 Å². The van der Waals surface area contributed by atoms with Crippen molar-refractivity contribution < 1.29 is 0 Å². The minimum atomic E-state index is 0.769. The first-order valence-electron chi connectivity index (χ1n) is 5.09. The van der Waals surface area contributed by atoms with Crippen LogP contribution in [-0.4, -0.2) is 25.4 Å². The highest BCUT2D eigenvalue weighted by molar-refractivity contribution is 5.50. The van der Waals surface area contributed by atoms with Crippen molar-refractivity contribution in [3.05, 3.63) is 61.2 Å². The van der Waals surface area contributed by atoms with Gasteiger partial charge in [-0.15, -0.1) is 5.10 Å². The number of aromatic amines is 1. The number of rotatable bonds is 1. The van der Waals surface area contributed by atoms with Gasteiger partial charge in [-0.05, 0) is 24.3 Å². The van der Waals surface area contributed by atoms with Gasteiger partial charge in [0.15, 0.2) is 0 Å². The second-order valence-electron chi connectivity index (χ2n) is 3.10. The van der Waals surface area contributed by atoms with Crippen LogP contribution in [0.5, 0.6) is 0 Å². The van der Waals surface area contributed by atoms with Crippen LogP contribution in [0.25, 0.3) is 11.4 Å². The Balaban J connectivity index is 0.000000153. The van der Waals surface area contributed by atoms with E-state index in [0.717, 1.165) is 11.4 Å². The fourth-order valence-electron chi connectivity index (χ4n) is 1.15. The van der Waals surface area contributed by atoms with Gasteiger partial charge < -0.3 is 0 Å². The third kappa shape index (κ3) is 3.49. The van der Waals surface area contributed by atoms with E-state index in [0.29, 0.717) is 0 Å². The lowest BCUT2D eigenvalue weighted by Crippen LogP contribution is -1.80. The van der Waals surface area contributed by atoms with Crippen LogP contribution in [0.1, 0.15) is 0 Å². The number of pyridine rings is 2. The fourth-order valence-corrected chi connectivity index (χ4v) is 1.15. The molecule has 0 saturated carbocycles. The highest BCUT2D eigenvalue weighted by atomic mass is 15.3. The van der Waals surface area contributed by atoms with Gasteiger partial charge in [-0.3, -0.25) is 15.1 Å². The summed E-state index contributed by atoms with van der Waals surface area (Å²) in [5.41, 5.74) is 1.60. The fraction of sp³-hybridized carbons (Fsp3) is 0. The third-order valence-corrected chi connectivity index (χ3v) is 1.91. The number of hydrogen-bond donors (Lipinski definition) is 1. The molecule has 0 unspecified atom stereocenters. The van der Waals surface area contributed by atoms with Crippen LogP contribution in [0.4, 0.5) is 0 Å². The van der Waals surface area contributed by atoms with E-state index < -0.39 is 0 Å². The highest BCUT2D eigenvalue weighted by Gasteiger charge is 1.98. The van der Waals surface area contributed by atoms with Gasteiger partial charge in [-0.2, -0.15) is 0 Å². The molecule has 0 aliphatic carbocycles. The summed E-state index contributed by atoms with van der Waals surface area (Å²) >= 11 is 0. The Morgan fingerprint density at radius 1 is 0.824 bits per heavy atom. The molecule has 0 aliphatic rings. The quantitative estimate of drug-likeness (QED) is 0.687. The molecule has 0 aromatic carbocycles. The molecule has 0 radical (unpaired) electrons. The molecule has 0 bridgehead atoms. The van der Waals surface area contributed by atoms with E-state index in [9.17, 15) is 0 Å². The van der Waals surface area contributed by atoms with Gasteiger partial charge in [0.05, 0.1) is 11.9 Å². The smallest absolute Gasteiger partial charge is 0.131 e. The van der Waals surface area contributed by atoms with E-state index in [-0.39, 0.29) is 0 Å². The van der Waals surface area contributed by atoms with Crippen LogP contribution in [-0.2, 0) is 0 Å². The van der Waals surface area contributed by atoms with Gasteiger partial charge in [-0.1, -0.05) is 17.3 Å². The first-order valence-corrected chi connectivity index (χ1v) is 5.09. The van der Waals surface area contributed by atoms with Crippen molar-refractivity contribution in [3.8, 4) is 11.4 Å². The molecule has 0 spiro atoms.